The van der Waals surface area contributed by atoms with Crippen LogP contribution in [0.25, 0.3) is 0 Å². The van der Waals surface area contributed by atoms with Crippen molar-refractivity contribution >= 4 is 22.9 Å². The van der Waals surface area contributed by atoms with Gasteiger partial charge in [-0.3, -0.25) is 4.79 Å². The van der Waals surface area contributed by atoms with Gasteiger partial charge in [0.25, 0.3) is 6.47 Å². The van der Waals surface area contributed by atoms with Crippen LogP contribution < -0.4 is 5.73 Å². The first kappa shape index (κ1) is 9.83. The van der Waals surface area contributed by atoms with Crippen LogP contribution in [0.4, 0.5) is 5.13 Å². The van der Waals surface area contributed by atoms with E-state index in [0.29, 0.717) is 18.2 Å². The minimum Gasteiger partial charge on any atom is -0.468 e. The molecule has 0 radical (unpaired) electrons. The predicted molar refractivity (Wildman–Crippen MR) is 42.0 cm³/mol. The average molecular weight is 175 g/mol. The summed E-state index contributed by atoms with van der Waals surface area (Å²) in [5.74, 6) is 0. The number of hydrogen-bond donors (Lipinski definition) is 1. The van der Waals surface area contributed by atoms with Gasteiger partial charge in [-0.25, -0.2) is 0 Å². The van der Waals surface area contributed by atoms with E-state index in [1.54, 1.807) is 12.4 Å². The minimum absolute atomic E-state index is 0.431. The second kappa shape index (κ2) is 6.94. The van der Waals surface area contributed by atoms with Gasteiger partial charge in [0.2, 0.25) is 5.13 Å². The van der Waals surface area contributed by atoms with Crippen LogP contribution in [0.3, 0.4) is 0 Å². The number of hydrogen-bond acceptors (Lipinski definition) is 6. The van der Waals surface area contributed by atoms with Gasteiger partial charge in [-0.15, -0.1) is 10.2 Å². The molecule has 1 aromatic rings. The highest BCUT2D eigenvalue weighted by molar-refractivity contribution is 7.13. The smallest absolute Gasteiger partial charge is 0.293 e. The van der Waals surface area contributed by atoms with E-state index in [9.17, 15) is 4.79 Å². The summed E-state index contributed by atoms with van der Waals surface area (Å²) in [5, 5.41) is 7.45. The number of nitrogens with two attached hydrogens (primary N) is 1. The lowest BCUT2D eigenvalue weighted by Gasteiger charge is -1.79. The Morgan fingerprint density at radius 1 is 1.91 bits per heavy atom. The number of nitrogen functional groups attached to an aromatic ring is 1. The van der Waals surface area contributed by atoms with Gasteiger partial charge in [0.05, 0.1) is 6.61 Å². The molecule has 0 aromatic carbocycles. The lowest BCUT2D eigenvalue weighted by Crippen LogP contribution is -1.80. The van der Waals surface area contributed by atoms with Gasteiger partial charge in [0.15, 0.2) is 0 Å². The van der Waals surface area contributed by atoms with E-state index in [1.807, 2.05) is 0 Å². The number of rotatable bonds is 2. The maximum absolute atomic E-state index is 9.18. The zero-order valence-electron chi connectivity index (χ0n) is 6.06. The van der Waals surface area contributed by atoms with Crippen molar-refractivity contribution < 1.29 is 9.53 Å². The van der Waals surface area contributed by atoms with E-state index in [2.05, 4.69) is 14.9 Å². The SMILES string of the molecule is CCOC=O.Nc1nncs1. The zero-order chi connectivity index (χ0) is 8.53. The molecule has 1 heterocycles. The van der Waals surface area contributed by atoms with Crippen LogP contribution in [0.15, 0.2) is 5.51 Å². The summed E-state index contributed by atoms with van der Waals surface area (Å²) >= 11 is 1.33. The van der Waals surface area contributed by atoms with Crippen LogP contribution in [-0.2, 0) is 9.53 Å². The molecule has 0 fully saturated rings. The Kier molecular flexibility index (Phi) is 6.20. The Balaban J connectivity index is 0.000000187. The molecule has 11 heavy (non-hydrogen) atoms. The molecule has 0 aliphatic heterocycles. The molecule has 0 amide bonds. The molecule has 0 atom stereocenters. The molecule has 5 nitrogen and oxygen atoms in total. The summed E-state index contributed by atoms with van der Waals surface area (Å²) in [7, 11) is 0. The molecule has 2 N–H and O–H groups in total. The Labute approximate surface area is 68.2 Å². The van der Waals surface area contributed by atoms with E-state index < -0.39 is 0 Å². The lowest BCUT2D eigenvalue weighted by atomic mass is 10.9. The first-order valence-corrected chi connectivity index (χ1v) is 3.76. The fourth-order valence-corrected chi connectivity index (χ4v) is 0.546. The van der Waals surface area contributed by atoms with Crippen molar-refractivity contribution in [3.05, 3.63) is 5.51 Å². The normalized spacial score (nSPS) is 7.73. The van der Waals surface area contributed by atoms with Crippen LogP contribution in [0.1, 0.15) is 6.92 Å². The summed E-state index contributed by atoms with van der Waals surface area (Å²) in [5.41, 5.74) is 6.72. The van der Waals surface area contributed by atoms with E-state index in [0.717, 1.165) is 0 Å². The average Bonchev–Trinajstić information content (AvgIpc) is 2.43. The Bertz CT molecular complexity index is 178. The topological polar surface area (TPSA) is 78.1 Å². The summed E-state index contributed by atoms with van der Waals surface area (Å²) in [4.78, 5) is 9.18. The van der Waals surface area contributed by atoms with Gasteiger partial charge >= 0.3 is 0 Å². The summed E-state index contributed by atoms with van der Waals surface area (Å²) in [6.45, 7) is 2.66. The third-order valence-electron chi connectivity index (χ3n) is 0.612. The van der Waals surface area contributed by atoms with E-state index >= 15 is 0 Å². The highest BCUT2D eigenvalue weighted by atomic mass is 32.1. The van der Waals surface area contributed by atoms with Crippen LogP contribution in [-0.4, -0.2) is 23.3 Å². The molecule has 6 heteroatoms. The van der Waals surface area contributed by atoms with Gasteiger partial charge in [0, 0.05) is 0 Å². The van der Waals surface area contributed by atoms with E-state index in [4.69, 9.17) is 5.73 Å². The second-order valence-corrected chi connectivity index (χ2v) is 2.19. The van der Waals surface area contributed by atoms with E-state index in [1.165, 1.54) is 11.3 Å². The fraction of sp³-hybridized carbons (Fsp3) is 0.400. The van der Waals surface area contributed by atoms with Crippen LogP contribution in [0.2, 0.25) is 0 Å². The standard InChI is InChI=1S/C3H6O2.C2H3N3S/c1-2-5-3-4;3-2-5-4-1-6-2/h3H,2H2,1H3;1H,(H2,3,5). The second-order valence-electron chi connectivity index (χ2n) is 1.33. The summed E-state index contributed by atoms with van der Waals surface area (Å²) in [6.07, 6.45) is 0. The van der Waals surface area contributed by atoms with Crippen molar-refractivity contribution in [2.24, 2.45) is 0 Å². The molecule has 0 aliphatic rings. The van der Waals surface area contributed by atoms with Crippen LogP contribution in [0, 0.1) is 0 Å². The Hall–Kier alpha value is -1.17. The molecule has 0 saturated carbocycles. The minimum atomic E-state index is 0.431. The Morgan fingerprint density at radius 2 is 2.64 bits per heavy atom. The van der Waals surface area contributed by atoms with Crippen molar-refractivity contribution in [2.75, 3.05) is 12.3 Å². The molecule has 0 aliphatic carbocycles. The highest BCUT2D eigenvalue weighted by Gasteiger charge is 1.78. The van der Waals surface area contributed by atoms with Gasteiger partial charge in [0.1, 0.15) is 5.51 Å². The first-order chi connectivity index (χ1) is 5.31. The van der Waals surface area contributed by atoms with E-state index in [-0.39, 0.29) is 0 Å². The zero-order valence-corrected chi connectivity index (χ0v) is 6.87. The maximum Gasteiger partial charge on any atom is 0.293 e. The van der Waals surface area contributed by atoms with Crippen molar-refractivity contribution in [3.8, 4) is 0 Å². The molecule has 1 aromatic heterocycles. The molecule has 0 bridgehead atoms. The van der Waals surface area contributed by atoms with Gasteiger partial charge in [-0.1, -0.05) is 11.3 Å². The van der Waals surface area contributed by atoms with Crippen molar-refractivity contribution in [3.63, 3.8) is 0 Å². The monoisotopic (exact) mass is 175 g/mol. The molecule has 0 spiro atoms. The molecular formula is C5H9N3O2S. The molecule has 0 unspecified atom stereocenters. The molecule has 1 rings (SSSR count). The maximum atomic E-state index is 9.18. The van der Waals surface area contributed by atoms with Gasteiger partial charge in [-0.2, -0.15) is 0 Å². The first-order valence-electron chi connectivity index (χ1n) is 2.88. The quantitative estimate of drug-likeness (QED) is 0.654. The number of carbonyl (C=O) groups is 1. The number of nitrogens with zero attached hydrogens (tertiary/aromatic N) is 2. The van der Waals surface area contributed by atoms with Crippen molar-refractivity contribution in [1.29, 1.82) is 0 Å². The number of ether oxygens (including phenoxy) is 1. The number of carbonyl (C=O) groups excluding carboxylic acids is 1. The number of anilines is 1. The molecule has 0 saturated heterocycles. The Morgan fingerprint density at radius 3 is 2.73 bits per heavy atom. The number of aromatic nitrogens is 2. The fourth-order valence-electron chi connectivity index (χ4n) is 0.250. The summed E-state index contributed by atoms with van der Waals surface area (Å²) < 4.78 is 4.15. The lowest BCUT2D eigenvalue weighted by molar-refractivity contribution is -0.128. The highest BCUT2D eigenvalue weighted by Crippen LogP contribution is 1.98. The van der Waals surface area contributed by atoms with Crippen LogP contribution >= 0.6 is 11.3 Å². The third kappa shape index (κ3) is 6.72. The third-order valence-corrected chi connectivity index (χ3v) is 1.13. The largest absolute Gasteiger partial charge is 0.468 e. The van der Waals surface area contributed by atoms with Crippen molar-refractivity contribution in [2.45, 2.75) is 6.92 Å². The summed E-state index contributed by atoms with van der Waals surface area (Å²) in [6, 6.07) is 0. The molecule has 62 valence electrons. The van der Waals surface area contributed by atoms with Crippen molar-refractivity contribution in [1.82, 2.24) is 10.2 Å². The van der Waals surface area contributed by atoms with Crippen LogP contribution in [0.5, 0.6) is 0 Å². The van der Waals surface area contributed by atoms with Gasteiger partial charge < -0.3 is 10.5 Å². The van der Waals surface area contributed by atoms with Gasteiger partial charge in [-0.05, 0) is 6.92 Å². The predicted octanol–water partition coefficient (Wildman–Crippen LogP) is 0.300. The molecular weight excluding hydrogens is 166 g/mol.